The third-order valence-corrected chi connectivity index (χ3v) is 7.99. The molecule has 39 heavy (non-hydrogen) atoms. The Morgan fingerprint density at radius 1 is 0.923 bits per heavy atom. The molecular formula is C27H30ClN9O2. The molecule has 11 nitrogen and oxygen atoms in total. The van der Waals surface area contributed by atoms with Gasteiger partial charge in [0.2, 0.25) is 5.91 Å². The topological polar surface area (TPSA) is 116 Å². The van der Waals surface area contributed by atoms with E-state index in [0.29, 0.717) is 35.0 Å². The number of piperidine rings is 1. The van der Waals surface area contributed by atoms with Gasteiger partial charge in [0.1, 0.15) is 5.52 Å². The van der Waals surface area contributed by atoms with E-state index in [1.807, 2.05) is 52.4 Å². The number of nitrogens with one attached hydrogen (secondary N) is 1. The highest BCUT2D eigenvalue weighted by atomic mass is 35.5. The van der Waals surface area contributed by atoms with Gasteiger partial charge >= 0.3 is 0 Å². The van der Waals surface area contributed by atoms with Crippen LogP contribution in [-0.4, -0.2) is 102 Å². The molecule has 12 heteroatoms. The predicted octanol–water partition coefficient (Wildman–Crippen LogP) is 2.57. The number of rotatable bonds is 6. The number of aromatic nitrogens is 6. The van der Waals surface area contributed by atoms with Crippen LogP contribution in [0.2, 0.25) is 5.02 Å². The smallest absolute Gasteiger partial charge is 0.253 e. The van der Waals surface area contributed by atoms with Gasteiger partial charge in [-0.2, -0.15) is 0 Å². The van der Waals surface area contributed by atoms with Crippen molar-refractivity contribution in [3.8, 4) is 5.69 Å². The fourth-order valence-electron chi connectivity index (χ4n) is 5.45. The van der Waals surface area contributed by atoms with E-state index in [-0.39, 0.29) is 11.8 Å². The number of likely N-dealkylation sites (tertiary alicyclic amines) is 1. The Labute approximate surface area is 230 Å². The zero-order valence-electron chi connectivity index (χ0n) is 21.5. The molecule has 0 saturated carbocycles. The quantitative estimate of drug-likeness (QED) is 0.394. The summed E-state index contributed by atoms with van der Waals surface area (Å²) in [6.45, 7) is 4.65. The van der Waals surface area contributed by atoms with Crippen molar-refractivity contribution in [2.45, 2.75) is 31.7 Å². The summed E-state index contributed by atoms with van der Waals surface area (Å²) >= 11 is 5.96. The minimum Gasteiger partial charge on any atom is -0.340 e. The molecule has 0 spiro atoms. The van der Waals surface area contributed by atoms with Crippen molar-refractivity contribution >= 4 is 34.4 Å². The lowest BCUT2D eigenvalue weighted by Crippen LogP contribution is -2.54. The second kappa shape index (κ2) is 11.1. The second-order valence-electron chi connectivity index (χ2n) is 10.1. The summed E-state index contributed by atoms with van der Waals surface area (Å²) in [6, 6.07) is 13.3. The number of benzene rings is 2. The first-order valence-electron chi connectivity index (χ1n) is 13.3. The second-order valence-corrected chi connectivity index (χ2v) is 10.6. The molecule has 2 fully saturated rings. The number of nitrogens with zero attached hydrogens (tertiary/aromatic N) is 8. The van der Waals surface area contributed by atoms with E-state index in [2.05, 4.69) is 30.6 Å². The molecule has 2 aliphatic heterocycles. The molecular weight excluding hydrogens is 518 g/mol. The first-order chi connectivity index (χ1) is 19.0. The molecule has 4 heterocycles. The zero-order chi connectivity index (χ0) is 26.8. The van der Waals surface area contributed by atoms with Gasteiger partial charge in [0.15, 0.2) is 0 Å². The van der Waals surface area contributed by atoms with Crippen molar-refractivity contribution < 1.29 is 9.59 Å². The molecule has 2 amide bonds. The molecule has 2 aromatic heterocycles. The van der Waals surface area contributed by atoms with Gasteiger partial charge in [-0.05, 0) is 55.3 Å². The van der Waals surface area contributed by atoms with Crippen LogP contribution >= 0.6 is 11.6 Å². The number of fused-ring (bicyclic) bond motifs is 1. The van der Waals surface area contributed by atoms with Gasteiger partial charge in [0, 0.05) is 68.7 Å². The van der Waals surface area contributed by atoms with Crippen LogP contribution in [0.25, 0.3) is 16.7 Å². The minimum absolute atomic E-state index is 0.0435. The number of carbonyl (C=O) groups excluding carboxylic acids is 2. The molecule has 2 aromatic carbocycles. The zero-order valence-corrected chi connectivity index (χ0v) is 22.3. The number of hydrogen-bond donors (Lipinski definition) is 1. The van der Waals surface area contributed by atoms with E-state index in [4.69, 9.17) is 11.6 Å². The summed E-state index contributed by atoms with van der Waals surface area (Å²) in [5, 5.41) is 19.7. The van der Waals surface area contributed by atoms with Gasteiger partial charge < -0.3 is 9.80 Å². The maximum atomic E-state index is 13.0. The normalized spacial score (nSPS) is 17.2. The lowest BCUT2D eigenvalue weighted by molar-refractivity contribution is -0.133. The Bertz CT molecular complexity index is 1450. The summed E-state index contributed by atoms with van der Waals surface area (Å²) in [4.78, 5) is 32.2. The Morgan fingerprint density at radius 2 is 1.69 bits per heavy atom. The lowest BCUT2D eigenvalue weighted by Gasteiger charge is -2.42. The van der Waals surface area contributed by atoms with Gasteiger partial charge in [0.05, 0.1) is 23.1 Å². The molecule has 1 N–H and O–H groups in total. The number of H-pyrrole nitrogens is 1. The van der Waals surface area contributed by atoms with Crippen LogP contribution in [0.15, 0.2) is 48.7 Å². The minimum atomic E-state index is 0.0435. The highest BCUT2D eigenvalue weighted by Gasteiger charge is 2.30. The van der Waals surface area contributed by atoms with Crippen LogP contribution in [0.1, 0.15) is 35.3 Å². The van der Waals surface area contributed by atoms with E-state index in [1.165, 1.54) is 0 Å². The van der Waals surface area contributed by atoms with Crippen LogP contribution in [0.3, 0.4) is 0 Å². The van der Waals surface area contributed by atoms with Crippen LogP contribution in [0.5, 0.6) is 0 Å². The largest absolute Gasteiger partial charge is 0.340 e. The van der Waals surface area contributed by atoms with Crippen molar-refractivity contribution in [2.75, 3.05) is 39.3 Å². The Balaban J connectivity index is 0.941. The average molecular weight is 548 g/mol. The summed E-state index contributed by atoms with van der Waals surface area (Å²) in [7, 11) is 0. The predicted molar refractivity (Wildman–Crippen MR) is 146 cm³/mol. The van der Waals surface area contributed by atoms with E-state index in [1.54, 1.807) is 10.7 Å². The highest BCUT2D eigenvalue weighted by molar-refractivity contribution is 6.30. The third kappa shape index (κ3) is 5.64. The SMILES string of the molecule is O=C(CCc1cn(-c2ccc(Cl)cc2)nn1)N1CCN(C2CCN(C(=O)c3ccc4[nH]nnc4c3)CC2)CC1. The summed E-state index contributed by atoms with van der Waals surface area (Å²) in [5.74, 6) is 0.196. The van der Waals surface area contributed by atoms with Crippen molar-refractivity contribution in [2.24, 2.45) is 0 Å². The van der Waals surface area contributed by atoms with Crippen molar-refractivity contribution in [1.82, 2.24) is 45.1 Å². The summed E-state index contributed by atoms with van der Waals surface area (Å²) in [5.41, 5.74) is 3.84. The number of aryl methyl sites for hydroxylation is 1. The van der Waals surface area contributed by atoms with Crippen molar-refractivity contribution in [1.29, 1.82) is 0 Å². The maximum Gasteiger partial charge on any atom is 0.253 e. The van der Waals surface area contributed by atoms with Gasteiger partial charge in [-0.25, -0.2) is 4.68 Å². The van der Waals surface area contributed by atoms with Gasteiger partial charge in [0.25, 0.3) is 5.91 Å². The average Bonchev–Trinajstić information content (AvgIpc) is 3.66. The van der Waals surface area contributed by atoms with Crippen LogP contribution in [-0.2, 0) is 11.2 Å². The summed E-state index contributed by atoms with van der Waals surface area (Å²) < 4.78 is 1.70. The standard InChI is InChI=1S/C27H30ClN9O2/c28-20-2-5-23(6-3-20)37-18-21(29-33-37)4-8-26(38)35-15-13-34(14-16-35)22-9-11-36(12-10-22)27(39)19-1-7-24-25(17-19)31-32-30-24/h1-3,5-7,17-18,22H,4,8-16H2,(H,30,31,32). The van der Waals surface area contributed by atoms with E-state index in [9.17, 15) is 9.59 Å². The van der Waals surface area contributed by atoms with Crippen LogP contribution < -0.4 is 0 Å². The molecule has 202 valence electrons. The highest BCUT2D eigenvalue weighted by Crippen LogP contribution is 2.21. The molecule has 0 radical (unpaired) electrons. The number of piperazine rings is 1. The monoisotopic (exact) mass is 547 g/mol. The van der Waals surface area contributed by atoms with Gasteiger partial charge in [-0.3, -0.25) is 19.6 Å². The van der Waals surface area contributed by atoms with Crippen LogP contribution in [0.4, 0.5) is 0 Å². The molecule has 0 aliphatic carbocycles. The van der Waals surface area contributed by atoms with E-state index in [0.717, 1.165) is 69.0 Å². The maximum absolute atomic E-state index is 13.0. The fourth-order valence-corrected chi connectivity index (χ4v) is 5.58. The van der Waals surface area contributed by atoms with Crippen LogP contribution in [0, 0.1) is 0 Å². The van der Waals surface area contributed by atoms with Crippen molar-refractivity contribution in [3.63, 3.8) is 0 Å². The summed E-state index contributed by atoms with van der Waals surface area (Å²) in [6.07, 6.45) is 4.71. The number of hydrogen-bond acceptors (Lipinski definition) is 7. The lowest BCUT2D eigenvalue weighted by atomic mass is 10.0. The fraction of sp³-hybridized carbons (Fsp3) is 0.407. The number of amides is 2. The first-order valence-corrected chi connectivity index (χ1v) is 13.7. The first kappa shape index (κ1) is 25.4. The molecule has 0 atom stereocenters. The Hall–Kier alpha value is -3.83. The Kier molecular flexibility index (Phi) is 7.25. The van der Waals surface area contributed by atoms with Crippen molar-refractivity contribution in [3.05, 3.63) is 64.9 Å². The number of carbonyl (C=O) groups is 2. The van der Waals surface area contributed by atoms with E-state index >= 15 is 0 Å². The van der Waals surface area contributed by atoms with Gasteiger partial charge in [-0.1, -0.05) is 22.0 Å². The van der Waals surface area contributed by atoms with Gasteiger partial charge in [-0.15, -0.1) is 10.2 Å². The Morgan fingerprint density at radius 3 is 2.46 bits per heavy atom. The molecule has 2 aliphatic rings. The van der Waals surface area contributed by atoms with E-state index < -0.39 is 0 Å². The number of aromatic amines is 1. The third-order valence-electron chi connectivity index (χ3n) is 7.73. The number of halogens is 1. The molecule has 6 rings (SSSR count). The molecule has 2 saturated heterocycles. The molecule has 0 unspecified atom stereocenters. The molecule has 4 aromatic rings. The molecule has 0 bridgehead atoms.